The summed E-state index contributed by atoms with van der Waals surface area (Å²) in [6.07, 6.45) is 1.69. The van der Waals surface area contributed by atoms with E-state index in [1.165, 1.54) is 0 Å². The first kappa shape index (κ1) is 16.3. The van der Waals surface area contributed by atoms with Gasteiger partial charge in [0.05, 0.1) is 26.7 Å². The van der Waals surface area contributed by atoms with Gasteiger partial charge in [-0.25, -0.2) is 0 Å². The number of ether oxygens (including phenoxy) is 3. The third-order valence-electron chi connectivity index (χ3n) is 3.90. The van der Waals surface area contributed by atoms with E-state index >= 15 is 0 Å². The zero-order valence-corrected chi connectivity index (χ0v) is 13.3. The number of rotatable bonds is 8. The normalized spacial score (nSPS) is 19.4. The molecule has 0 amide bonds. The smallest absolute Gasteiger partial charge is 0.309 e. The van der Waals surface area contributed by atoms with Crippen molar-refractivity contribution in [3.63, 3.8) is 0 Å². The van der Waals surface area contributed by atoms with Gasteiger partial charge in [0, 0.05) is 12.3 Å². The molecule has 5 heteroatoms. The van der Waals surface area contributed by atoms with Crippen LogP contribution in [0.5, 0.6) is 11.5 Å². The number of esters is 1. The van der Waals surface area contributed by atoms with E-state index in [0.29, 0.717) is 37.4 Å². The summed E-state index contributed by atoms with van der Waals surface area (Å²) in [5, 5.41) is 0. The fraction of sp³-hybridized carbons (Fsp3) is 0.529. The zero-order chi connectivity index (χ0) is 16.1. The minimum Gasteiger partial charge on any atom is -0.493 e. The van der Waals surface area contributed by atoms with E-state index in [1.54, 1.807) is 21.1 Å². The van der Waals surface area contributed by atoms with Gasteiger partial charge in [-0.1, -0.05) is 6.07 Å². The summed E-state index contributed by atoms with van der Waals surface area (Å²) in [5.41, 5.74) is 1.01. The van der Waals surface area contributed by atoms with Gasteiger partial charge < -0.3 is 14.2 Å². The first-order chi connectivity index (χ1) is 10.6. The molecule has 5 nitrogen and oxygen atoms in total. The summed E-state index contributed by atoms with van der Waals surface area (Å²) < 4.78 is 15.4. The average molecular weight is 306 g/mol. The molecule has 120 valence electrons. The molecule has 0 N–H and O–H groups in total. The lowest BCUT2D eigenvalue weighted by atomic mass is 10.0. The van der Waals surface area contributed by atoms with Crippen LogP contribution >= 0.6 is 0 Å². The van der Waals surface area contributed by atoms with E-state index < -0.39 is 0 Å². The maximum Gasteiger partial charge on any atom is 0.309 e. The van der Waals surface area contributed by atoms with Crippen LogP contribution in [-0.2, 0) is 20.7 Å². The molecule has 0 radical (unpaired) electrons. The summed E-state index contributed by atoms with van der Waals surface area (Å²) in [6, 6.07) is 5.63. The number of aryl methyl sites for hydroxylation is 1. The Morgan fingerprint density at radius 3 is 2.50 bits per heavy atom. The Labute approximate surface area is 130 Å². The van der Waals surface area contributed by atoms with Crippen LogP contribution in [0.25, 0.3) is 0 Å². The lowest BCUT2D eigenvalue weighted by molar-refractivity contribution is -0.145. The molecular formula is C17H22O5. The molecule has 0 aromatic heterocycles. The predicted molar refractivity (Wildman–Crippen MR) is 81.1 cm³/mol. The molecule has 0 spiro atoms. The SMILES string of the molecule is CCOC(=O)[C@H]1C[C@@H]1C(=O)CCc1ccc(OC)c(OC)c1. The van der Waals surface area contributed by atoms with E-state index in [2.05, 4.69) is 0 Å². The Balaban J connectivity index is 1.86. The largest absolute Gasteiger partial charge is 0.493 e. The molecule has 1 aliphatic carbocycles. The number of hydrogen-bond acceptors (Lipinski definition) is 5. The van der Waals surface area contributed by atoms with Crippen molar-refractivity contribution < 1.29 is 23.8 Å². The summed E-state index contributed by atoms with van der Waals surface area (Å²) in [7, 11) is 3.17. The van der Waals surface area contributed by atoms with Crippen LogP contribution in [-0.4, -0.2) is 32.6 Å². The Morgan fingerprint density at radius 1 is 1.14 bits per heavy atom. The molecule has 1 saturated carbocycles. The average Bonchev–Trinajstić information content (AvgIpc) is 3.33. The molecule has 0 aliphatic heterocycles. The molecule has 1 aromatic rings. The van der Waals surface area contributed by atoms with Gasteiger partial charge in [0.2, 0.25) is 0 Å². The molecule has 0 unspecified atom stereocenters. The number of Topliss-reactive ketones (excluding diaryl/α,β-unsaturated/α-hetero) is 1. The van der Waals surface area contributed by atoms with Crippen molar-refractivity contribution in [3.8, 4) is 11.5 Å². The molecule has 1 aromatic carbocycles. The van der Waals surface area contributed by atoms with Gasteiger partial charge in [-0.3, -0.25) is 9.59 Å². The Bertz CT molecular complexity index is 552. The van der Waals surface area contributed by atoms with Crippen molar-refractivity contribution in [2.24, 2.45) is 11.8 Å². The fourth-order valence-electron chi connectivity index (χ4n) is 2.55. The highest BCUT2D eigenvalue weighted by Gasteiger charge is 2.48. The third-order valence-corrected chi connectivity index (χ3v) is 3.90. The second kappa shape index (κ2) is 7.29. The second-order valence-corrected chi connectivity index (χ2v) is 5.36. The van der Waals surface area contributed by atoms with Gasteiger partial charge in [-0.05, 0) is 37.5 Å². The lowest BCUT2D eigenvalue weighted by Gasteiger charge is -2.09. The Hall–Kier alpha value is -2.04. The number of methoxy groups -OCH3 is 2. The van der Waals surface area contributed by atoms with Crippen LogP contribution in [0.15, 0.2) is 18.2 Å². The quantitative estimate of drug-likeness (QED) is 0.690. The van der Waals surface area contributed by atoms with Crippen LogP contribution in [0, 0.1) is 11.8 Å². The number of carbonyl (C=O) groups excluding carboxylic acids is 2. The van der Waals surface area contributed by atoms with Crippen LogP contribution in [0.4, 0.5) is 0 Å². The summed E-state index contributed by atoms with van der Waals surface area (Å²) in [4.78, 5) is 23.7. The van der Waals surface area contributed by atoms with E-state index in [0.717, 1.165) is 5.56 Å². The summed E-state index contributed by atoms with van der Waals surface area (Å²) in [6.45, 7) is 2.13. The maximum atomic E-state index is 12.1. The molecule has 2 atom stereocenters. The van der Waals surface area contributed by atoms with E-state index in [4.69, 9.17) is 14.2 Å². The van der Waals surface area contributed by atoms with Crippen LogP contribution in [0.3, 0.4) is 0 Å². The zero-order valence-electron chi connectivity index (χ0n) is 13.3. The Morgan fingerprint density at radius 2 is 1.86 bits per heavy atom. The van der Waals surface area contributed by atoms with Crippen LogP contribution in [0.2, 0.25) is 0 Å². The molecule has 1 aliphatic rings. The topological polar surface area (TPSA) is 61.8 Å². The van der Waals surface area contributed by atoms with Crippen molar-refractivity contribution in [3.05, 3.63) is 23.8 Å². The predicted octanol–water partition coefficient (Wildman–Crippen LogP) is 2.40. The highest BCUT2D eigenvalue weighted by molar-refractivity contribution is 5.91. The first-order valence-electron chi connectivity index (χ1n) is 7.51. The molecular weight excluding hydrogens is 284 g/mol. The molecule has 1 fully saturated rings. The number of carbonyl (C=O) groups is 2. The summed E-state index contributed by atoms with van der Waals surface area (Å²) >= 11 is 0. The Kier molecular flexibility index (Phi) is 5.41. The maximum absolute atomic E-state index is 12.1. The standard InChI is InChI=1S/C17H22O5/c1-4-22-17(19)13-10-12(13)14(18)7-5-11-6-8-15(20-2)16(9-11)21-3/h6,8-9,12-13H,4-5,7,10H2,1-3H3/t12-,13-/m0/s1. The minimum absolute atomic E-state index is 0.132. The highest BCUT2D eigenvalue weighted by atomic mass is 16.5. The first-order valence-corrected chi connectivity index (χ1v) is 7.51. The van der Waals surface area contributed by atoms with Crippen molar-refractivity contribution in [1.29, 1.82) is 0 Å². The van der Waals surface area contributed by atoms with Gasteiger partial charge in [-0.2, -0.15) is 0 Å². The lowest BCUT2D eigenvalue weighted by Crippen LogP contribution is -2.12. The van der Waals surface area contributed by atoms with E-state index in [-0.39, 0.29) is 23.6 Å². The van der Waals surface area contributed by atoms with Crippen molar-refractivity contribution in [1.82, 2.24) is 0 Å². The molecule has 0 saturated heterocycles. The van der Waals surface area contributed by atoms with Gasteiger partial charge >= 0.3 is 5.97 Å². The van der Waals surface area contributed by atoms with Crippen molar-refractivity contribution in [2.75, 3.05) is 20.8 Å². The fourth-order valence-corrected chi connectivity index (χ4v) is 2.55. The van der Waals surface area contributed by atoms with Crippen molar-refractivity contribution >= 4 is 11.8 Å². The number of ketones is 1. The van der Waals surface area contributed by atoms with E-state index in [9.17, 15) is 9.59 Å². The van der Waals surface area contributed by atoms with Gasteiger partial charge in [0.15, 0.2) is 11.5 Å². The van der Waals surface area contributed by atoms with E-state index in [1.807, 2.05) is 18.2 Å². The number of benzene rings is 1. The highest BCUT2D eigenvalue weighted by Crippen LogP contribution is 2.41. The number of hydrogen-bond donors (Lipinski definition) is 0. The summed E-state index contributed by atoms with van der Waals surface area (Å²) in [5.74, 6) is 0.835. The molecule has 0 heterocycles. The van der Waals surface area contributed by atoms with Gasteiger partial charge in [0.1, 0.15) is 5.78 Å². The van der Waals surface area contributed by atoms with Crippen LogP contribution in [0.1, 0.15) is 25.3 Å². The van der Waals surface area contributed by atoms with Crippen molar-refractivity contribution in [2.45, 2.75) is 26.2 Å². The van der Waals surface area contributed by atoms with Crippen LogP contribution < -0.4 is 9.47 Å². The third kappa shape index (κ3) is 3.78. The van der Waals surface area contributed by atoms with Gasteiger partial charge in [-0.15, -0.1) is 0 Å². The minimum atomic E-state index is -0.244. The monoisotopic (exact) mass is 306 g/mol. The second-order valence-electron chi connectivity index (χ2n) is 5.36. The molecule has 2 rings (SSSR count). The molecule has 0 bridgehead atoms. The van der Waals surface area contributed by atoms with Gasteiger partial charge in [0.25, 0.3) is 0 Å². The molecule has 22 heavy (non-hydrogen) atoms.